The van der Waals surface area contributed by atoms with E-state index in [2.05, 4.69) is 5.32 Å². The average Bonchev–Trinajstić information content (AvgIpc) is 3.26. The molecular weight excluding hydrogens is 334 g/mol. The summed E-state index contributed by atoms with van der Waals surface area (Å²) in [7, 11) is 1.73. The minimum absolute atomic E-state index is 0.318. The van der Waals surface area contributed by atoms with Crippen LogP contribution in [0.15, 0.2) is 65.1 Å². The van der Waals surface area contributed by atoms with Gasteiger partial charge in [0.15, 0.2) is 0 Å². The number of rotatable bonds is 4. The highest BCUT2D eigenvalue weighted by Crippen LogP contribution is 2.36. The van der Waals surface area contributed by atoms with Crippen LogP contribution < -0.4 is 5.32 Å². The van der Waals surface area contributed by atoms with Crippen molar-refractivity contribution >= 4 is 34.0 Å². The summed E-state index contributed by atoms with van der Waals surface area (Å²) in [6.45, 7) is 0. The molecule has 0 bridgehead atoms. The Bertz CT molecular complexity index is 1030. The Morgan fingerprint density at radius 3 is 2.40 bits per heavy atom. The van der Waals surface area contributed by atoms with Crippen LogP contribution in [-0.2, 0) is 0 Å². The van der Waals surface area contributed by atoms with Crippen molar-refractivity contribution in [2.24, 2.45) is 0 Å². The molecule has 0 saturated heterocycles. The summed E-state index contributed by atoms with van der Waals surface area (Å²) in [6, 6.07) is 19.8. The van der Waals surface area contributed by atoms with Gasteiger partial charge in [-0.15, -0.1) is 11.3 Å². The number of para-hydroxylation sites is 1. The van der Waals surface area contributed by atoms with Gasteiger partial charge in [0.25, 0.3) is 0 Å². The summed E-state index contributed by atoms with van der Waals surface area (Å²) in [5, 5.41) is 13.3. The fourth-order valence-electron chi connectivity index (χ4n) is 2.80. The van der Waals surface area contributed by atoms with Crippen LogP contribution in [0.1, 0.15) is 9.67 Å². The monoisotopic (exact) mass is 349 g/mol. The third-order valence-corrected chi connectivity index (χ3v) is 5.25. The Morgan fingerprint density at radius 1 is 1.04 bits per heavy atom. The van der Waals surface area contributed by atoms with Crippen LogP contribution in [0, 0.1) is 0 Å². The first-order valence-electron chi connectivity index (χ1n) is 7.80. The van der Waals surface area contributed by atoms with E-state index in [1.54, 1.807) is 7.05 Å². The second kappa shape index (κ2) is 6.11. The van der Waals surface area contributed by atoms with E-state index in [0.29, 0.717) is 10.6 Å². The van der Waals surface area contributed by atoms with Crippen LogP contribution in [0.3, 0.4) is 0 Å². The van der Waals surface area contributed by atoms with Gasteiger partial charge in [-0.2, -0.15) is 0 Å². The molecule has 4 rings (SSSR count). The average molecular weight is 349 g/mol. The fourth-order valence-corrected chi connectivity index (χ4v) is 3.81. The number of furan rings is 1. The molecule has 4 aromatic rings. The zero-order chi connectivity index (χ0) is 17.4. The van der Waals surface area contributed by atoms with E-state index in [9.17, 15) is 9.90 Å². The van der Waals surface area contributed by atoms with Gasteiger partial charge in [-0.3, -0.25) is 0 Å². The van der Waals surface area contributed by atoms with Gasteiger partial charge in [-0.25, -0.2) is 4.79 Å². The molecule has 25 heavy (non-hydrogen) atoms. The summed E-state index contributed by atoms with van der Waals surface area (Å²) < 4.78 is 5.89. The van der Waals surface area contributed by atoms with Gasteiger partial charge in [-0.05, 0) is 23.8 Å². The maximum absolute atomic E-state index is 11.3. The first-order valence-corrected chi connectivity index (χ1v) is 8.61. The Hall–Kier alpha value is -3.05. The maximum Gasteiger partial charge on any atom is 0.348 e. The van der Waals surface area contributed by atoms with E-state index < -0.39 is 5.97 Å². The third kappa shape index (κ3) is 2.79. The van der Waals surface area contributed by atoms with Crippen LogP contribution in [0.5, 0.6) is 0 Å². The molecule has 0 aliphatic carbocycles. The molecule has 0 radical (unpaired) electrons. The molecule has 124 valence electrons. The van der Waals surface area contributed by atoms with Gasteiger partial charge < -0.3 is 14.8 Å². The minimum atomic E-state index is -0.917. The number of fused-ring (bicyclic) bond motifs is 1. The number of aromatic carboxylic acids is 1. The molecule has 5 heteroatoms. The number of thiophene rings is 1. The number of carboxylic acid groups (broad SMARTS) is 1. The highest BCUT2D eigenvalue weighted by atomic mass is 32.1. The highest BCUT2D eigenvalue weighted by Gasteiger charge is 2.15. The zero-order valence-corrected chi connectivity index (χ0v) is 14.3. The van der Waals surface area contributed by atoms with Crippen molar-refractivity contribution < 1.29 is 14.3 Å². The number of carboxylic acids is 1. The van der Waals surface area contributed by atoms with Gasteiger partial charge in [0.2, 0.25) is 0 Å². The van der Waals surface area contributed by atoms with Crippen LogP contribution >= 0.6 is 11.3 Å². The summed E-state index contributed by atoms with van der Waals surface area (Å²) in [6.07, 6.45) is 0. The first-order chi connectivity index (χ1) is 12.2. The summed E-state index contributed by atoms with van der Waals surface area (Å²) in [4.78, 5) is 12.5. The number of hydrogen-bond donors (Lipinski definition) is 2. The second-order valence-electron chi connectivity index (χ2n) is 5.63. The number of hydrogen-bond acceptors (Lipinski definition) is 4. The number of carbonyl (C=O) groups is 1. The molecule has 0 unspecified atom stereocenters. The molecule has 0 fully saturated rings. The Labute approximate surface area is 148 Å². The van der Waals surface area contributed by atoms with E-state index in [4.69, 9.17) is 4.42 Å². The van der Waals surface area contributed by atoms with Crippen molar-refractivity contribution in [3.8, 4) is 21.8 Å². The molecule has 0 atom stereocenters. The molecule has 2 aromatic heterocycles. The quantitative estimate of drug-likeness (QED) is 0.506. The van der Waals surface area contributed by atoms with Gasteiger partial charge in [0, 0.05) is 22.9 Å². The van der Waals surface area contributed by atoms with Crippen molar-refractivity contribution in [1.29, 1.82) is 0 Å². The molecule has 2 aromatic carbocycles. The molecule has 0 spiro atoms. The lowest BCUT2D eigenvalue weighted by molar-refractivity contribution is 0.0703. The van der Waals surface area contributed by atoms with E-state index in [1.807, 2.05) is 60.7 Å². The Balaban J connectivity index is 1.69. The smallest absolute Gasteiger partial charge is 0.348 e. The van der Waals surface area contributed by atoms with Crippen molar-refractivity contribution in [3.63, 3.8) is 0 Å². The van der Waals surface area contributed by atoms with Gasteiger partial charge in [-0.1, -0.05) is 42.5 Å². The molecule has 2 N–H and O–H groups in total. The third-order valence-electron chi connectivity index (χ3n) is 4.08. The number of nitrogens with one attached hydrogen (secondary N) is 1. The molecule has 2 heterocycles. The van der Waals surface area contributed by atoms with E-state index in [-0.39, 0.29) is 0 Å². The topological polar surface area (TPSA) is 62.5 Å². The van der Waals surface area contributed by atoms with Crippen molar-refractivity contribution in [2.75, 3.05) is 12.4 Å². The molecule has 0 aliphatic heterocycles. The van der Waals surface area contributed by atoms with E-state index in [1.165, 1.54) is 11.3 Å². The summed E-state index contributed by atoms with van der Waals surface area (Å²) in [5.41, 5.74) is 3.47. The summed E-state index contributed by atoms with van der Waals surface area (Å²) >= 11 is 1.27. The maximum atomic E-state index is 11.3. The lowest BCUT2D eigenvalue weighted by atomic mass is 10.1. The molecule has 0 aliphatic rings. The second-order valence-corrected chi connectivity index (χ2v) is 6.69. The normalized spacial score (nSPS) is 10.9. The minimum Gasteiger partial charge on any atom is -0.477 e. The van der Waals surface area contributed by atoms with Crippen LogP contribution in [-0.4, -0.2) is 18.1 Å². The molecule has 0 saturated carbocycles. The zero-order valence-electron chi connectivity index (χ0n) is 13.4. The van der Waals surface area contributed by atoms with Crippen LogP contribution in [0.2, 0.25) is 0 Å². The van der Waals surface area contributed by atoms with Gasteiger partial charge in [0.1, 0.15) is 16.2 Å². The first kappa shape index (κ1) is 15.5. The predicted molar refractivity (Wildman–Crippen MR) is 101 cm³/mol. The van der Waals surface area contributed by atoms with Crippen molar-refractivity contribution in [2.45, 2.75) is 0 Å². The van der Waals surface area contributed by atoms with Crippen LogP contribution in [0.25, 0.3) is 32.7 Å². The number of benzene rings is 2. The standard InChI is InChI=1S/C20H15NO3S/c1-21-15-11-18(25-19(15)20(22)23)13-8-6-12(7-9-13)17-10-14-4-2-3-5-16(14)24-17/h2-11,21H,1H3,(H,22,23). The van der Waals surface area contributed by atoms with Gasteiger partial charge >= 0.3 is 5.97 Å². The predicted octanol–water partition coefficient (Wildman–Crippen LogP) is 5.57. The molecule has 0 amide bonds. The summed E-state index contributed by atoms with van der Waals surface area (Å²) in [5.74, 6) is -0.0967. The molecular formula is C20H15NO3S. The highest BCUT2D eigenvalue weighted by molar-refractivity contribution is 7.18. The molecule has 4 nitrogen and oxygen atoms in total. The van der Waals surface area contributed by atoms with Gasteiger partial charge in [0.05, 0.1) is 5.69 Å². The lowest BCUT2D eigenvalue weighted by Crippen LogP contribution is -1.97. The number of anilines is 1. The van der Waals surface area contributed by atoms with E-state index >= 15 is 0 Å². The van der Waals surface area contributed by atoms with E-state index in [0.717, 1.165) is 32.7 Å². The Morgan fingerprint density at radius 2 is 1.76 bits per heavy atom. The fraction of sp³-hybridized carbons (Fsp3) is 0.0500. The SMILES string of the molecule is CNc1cc(-c2ccc(-c3cc4ccccc4o3)cc2)sc1C(=O)O. The Kier molecular flexibility index (Phi) is 3.78. The van der Waals surface area contributed by atoms with Crippen LogP contribution in [0.4, 0.5) is 5.69 Å². The van der Waals surface area contributed by atoms with Crippen molar-refractivity contribution in [3.05, 3.63) is 65.5 Å². The largest absolute Gasteiger partial charge is 0.477 e. The lowest BCUT2D eigenvalue weighted by Gasteiger charge is -2.00. The van der Waals surface area contributed by atoms with Crippen molar-refractivity contribution in [1.82, 2.24) is 0 Å².